The van der Waals surface area contributed by atoms with Crippen LogP contribution in [0.3, 0.4) is 0 Å². The lowest BCUT2D eigenvalue weighted by atomic mass is 10.1. The summed E-state index contributed by atoms with van der Waals surface area (Å²) in [5, 5.41) is 16.3. The van der Waals surface area contributed by atoms with Crippen molar-refractivity contribution in [2.75, 3.05) is 30.4 Å². The Morgan fingerprint density at radius 1 is 1.26 bits per heavy atom. The molecule has 0 spiro atoms. The molecule has 3 heterocycles. The molecule has 0 bridgehead atoms. The fourth-order valence-electron chi connectivity index (χ4n) is 3.96. The van der Waals surface area contributed by atoms with E-state index in [0.29, 0.717) is 55.4 Å². The fourth-order valence-corrected chi connectivity index (χ4v) is 3.96. The molecular weight excluding hydrogens is 458 g/mol. The number of carbonyl (C=O) groups excluding carboxylic acids is 1. The Labute approximate surface area is 200 Å². The number of halogens is 2. The standard InChI is InChI=1S/C24H24F2N6O3/c1-3-32-24(34-2)18(14-29-32)23(33)30-20-10-15(12-27)13-28-22(20)31-8-6-17(7-9-31)35-21-5-4-16(25)11-19(21)26/h4-5,10-11,13-14,17H,3,6-9H2,1-2H3,(H,30,33). The minimum atomic E-state index is -0.743. The molecule has 4 rings (SSSR count). The average Bonchev–Trinajstić information content (AvgIpc) is 3.29. The Hall–Kier alpha value is -4.20. The molecule has 182 valence electrons. The number of rotatable bonds is 7. The first-order valence-corrected chi connectivity index (χ1v) is 11.1. The van der Waals surface area contributed by atoms with E-state index in [1.54, 1.807) is 10.7 Å². The predicted molar refractivity (Wildman–Crippen MR) is 124 cm³/mol. The van der Waals surface area contributed by atoms with Crippen LogP contribution in [0.25, 0.3) is 0 Å². The highest BCUT2D eigenvalue weighted by atomic mass is 19.1. The third kappa shape index (κ3) is 5.16. The van der Waals surface area contributed by atoms with E-state index in [1.165, 1.54) is 25.6 Å². The molecule has 1 aromatic carbocycles. The first kappa shape index (κ1) is 23.9. The summed E-state index contributed by atoms with van der Waals surface area (Å²) in [6.07, 6.45) is 3.73. The molecule has 35 heavy (non-hydrogen) atoms. The van der Waals surface area contributed by atoms with E-state index >= 15 is 0 Å². The summed E-state index contributed by atoms with van der Waals surface area (Å²) < 4.78 is 39.7. The van der Waals surface area contributed by atoms with Crippen LogP contribution in [0.15, 0.2) is 36.7 Å². The number of hydrogen-bond donors (Lipinski definition) is 1. The van der Waals surface area contributed by atoms with Crippen LogP contribution < -0.4 is 19.7 Å². The molecule has 0 unspecified atom stereocenters. The molecule has 0 saturated carbocycles. The van der Waals surface area contributed by atoms with Crippen molar-refractivity contribution in [2.24, 2.45) is 0 Å². The predicted octanol–water partition coefficient (Wildman–Crippen LogP) is 3.76. The highest BCUT2D eigenvalue weighted by molar-refractivity contribution is 6.07. The Balaban J connectivity index is 1.49. The van der Waals surface area contributed by atoms with Gasteiger partial charge in [0.15, 0.2) is 17.4 Å². The monoisotopic (exact) mass is 482 g/mol. The number of nitrogens with one attached hydrogen (secondary N) is 1. The van der Waals surface area contributed by atoms with Gasteiger partial charge >= 0.3 is 0 Å². The molecule has 3 aromatic rings. The van der Waals surface area contributed by atoms with E-state index in [0.717, 1.165) is 12.1 Å². The molecule has 1 saturated heterocycles. The molecule has 0 aliphatic carbocycles. The minimum absolute atomic E-state index is 0.0101. The fraction of sp³-hybridized carbons (Fsp3) is 0.333. The molecule has 0 radical (unpaired) electrons. The molecule has 2 aromatic heterocycles. The Bertz CT molecular complexity index is 1260. The summed E-state index contributed by atoms with van der Waals surface area (Å²) in [6, 6.07) is 6.82. The molecule has 1 amide bonds. The van der Waals surface area contributed by atoms with Crippen LogP contribution in [0.2, 0.25) is 0 Å². The van der Waals surface area contributed by atoms with Gasteiger partial charge in [-0.3, -0.25) is 4.79 Å². The first-order valence-electron chi connectivity index (χ1n) is 11.1. The SMILES string of the molecule is CCn1ncc(C(=O)Nc2cc(C#N)cnc2N2CCC(Oc3ccc(F)cc3F)CC2)c1OC. The number of methoxy groups -OCH3 is 1. The van der Waals surface area contributed by atoms with Gasteiger partial charge in [0.25, 0.3) is 5.91 Å². The number of ether oxygens (including phenoxy) is 2. The Morgan fingerprint density at radius 3 is 2.69 bits per heavy atom. The van der Waals surface area contributed by atoms with Crippen molar-refractivity contribution >= 4 is 17.4 Å². The van der Waals surface area contributed by atoms with Gasteiger partial charge in [-0.25, -0.2) is 18.4 Å². The maximum Gasteiger partial charge on any atom is 0.262 e. The quantitative estimate of drug-likeness (QED) is 0.547. The Morgan fingerprint density at radius 2 is 2.03 bits per heavy atom. The number of benzene rings is 1. The zero-order chi connectivity index (χ0) is 24.9. The topological polar surface area (TPSA) is 105 Å². The molecule has 1 aliphatic rings. The number of aromatic nitrogens is 3. The molecule has 0 atom stereocenters. The minimum Gasteiger partial charge on any atom is -0.487 e. The van der Waals surface area contributed by atoms with Gasteiger partial charge in [-0.15, -0.1) is 0 Å². The molecule has 1 aliphatic heterocycles. The van der Waals surface area contributed by atoms with Gasteiger partial charge in [-0.2, -0.15) is 10.4 Å². The lowest BCUT2D eigenvalue weighted by Crippen LogP contribution is -2.39. The zero-order valence-electron chi connectivity index (χ0n) is 19.3. The highest BCUT2D eigenvalue weighted by Gasteiger charge is 2.26. The zero-order valence-corrected chi connectivity index (χ0v) is 19.3. The van der Waals surface area contributed by atoms with E-state index in [1.807, 2.05) is 17.9 Å². The largest absolute Gasteiger partial charge is 0.487 e. The lowest BCUT2D eigenvalue weighted by Gasteiger charge is -2.34. The summed E-state index contributed by atoms with van der Waals surface area (Å²) in [4.78, 5) is 19.4. The number of amides is 1. The van der Waals surface area contributed by atoms with Gasteiger partial charge < -0.3 is 19.7 Å². The number of pyridine rings is 1. The number of nitrogens with zero attached hydrogens (tertiary/aromatic N) is 5. The van der Waals surface area contributed by atoms with Gasteiger partial charge in [0.2, 0.25) is 5.88 Å². The van der Waals surface area contributed by atoms with Crippen molar-refractivity contribution < 1.29 is 23.0 Å². The smallest absolute Gasteiger partial charge is 0.262 e. The van der Waals surface area contributed by atoms with Crippen LogP contribution in [-0.2, 0) is 6.54 Å². The van der Waals surface area contributed by atoms with Crippen molar-refractivity contribution in [3.05, 3.63) is 59.4 Å². The first-order chi connectivity index (χ1) is 16.9. The van der Waals surface area contributed by atoms with Gasteiger partial charge in [0.05, 0.1) is 24.6 Å². The highest BCUT2D eigenvalue weighted by Crippen LogP contribution is 2.30. The number of hydrogen-bond acceptors (Lipinski definition) is 7. The molecule has 11 heteroatoms. The maximum atomic E-state index is 13.9. The van der Waals surface area contributed by atoms with Crippen LogP contribution in [0.4, 0.5) is 20.3 Å². The summed E-state index contributed by atoms with van der Waals surface area (Å²) in [7, 11) is 1.47. The number of aryl methyl sites for hydroxylation is 1. The third-order valence-corrected chi connectivity index (χ3v) is 5.70. The normalized spacial score (nSPS) is 13.9. The average molecular weight is 482 g/mol. The molecule has 1 fully saturated rings. The van der Waals surface area contributed by atoms with E-state index in [4.69, 9.17) is 9.47 Å². The summed E-state index contributed by atoms with van der Waals surface area (Å²) >= 11 is 0. The van der Waals surface area contributed by atoms with E-state index < -0.39 is 17.5 Å². The lowest BCUT2D eigenvalue weighted by molar-refractivity contribution is 0.102. The van der Waals surface area contributed by atoms with Crippen molar-refractivity contribution in [3.63, 3.8) is 0 Å². The summed E-state index contributed by atoms with van der Waals surface area (Å²) in [5.74, 6) is -0.994. The third-order valence-electron chi connectivity index (χ3n) is 5.70. The molecule has 9 nitrogen and oxygen atoms in total. The van der Waals surface area contributed by atoms with Gasteiger partial charge in [-0.05, 0) is 25.1 Å². The van der Waals surface area contributed by atoms with Gasteiger partial charge in [-0.1, -0.05) is 0 Å². The van der Waals surface area contributed by atoms with Crippen LogP contribution >= 0.6 is 0 Å². The van der Waals surface area contributed by atoms with Crippen molar-refractivity contribution in [2.45, 2.75) is 32.4 Å². The number of piperidine rings is 1. The van der Waals surface area contributed by atoms with Crippen molar-refractivity contribution in [1.29, 1.82) is 5.26 Å². The summed E-state index contributed by atoms with van der Waals surface area (Å²) in [6.45, 7) is 3.46. The van der Waals surface area contributed by atoms with Gasteiger partial charge in [0, 0.05) is 44.7 Å². The number of nitriles is 1. The van der Waals surface area contributed by atoms with Crippen LogP contribution in [-0.4, -0.2) is 47.0 Å². The second-order valence-electron chi connectivity index (χ2n) is 7.92. The van der Waals surface area contributed by atoms with Crippen molar-refractivity contribution in [3.8, 4) is 17.7 Å². The molecular formula is C24H24F2N6O3. The van der Waals surface area contributed by atoms with E-state index in [9.17, 15) is 18.8 Å². The second kappa shape index (κ2) is 10.4. The van der Waals surface area contributed by atoms with Crippen LogP contribution in [0, 0.1) is 23.0 Å². The van der Waals surface area contributed by atoms with Crippen LogP contribution in [0.5, 0.6) is 11.6 Å². The van der Waals surface area contributed by atoms with Crippen LogP contribution in [0.1, 0.15) is 35.7 Å². The summed E-state index contributed by atoms with van der Waals surface area (Å²) in [5.41, 5.74) is 0.936. The number of carbonyl (C=O) groups is 1. The number of anilines is 2. The van der Waals surface area contributed by atoms with E-state index in [-0.39, 0.29) is 17.4 Å². The maximum absolute atomic E-state index is 13.9. The molecule has 1 N–H and O–H groups in total. The van der Waals surface area contributed by atoms with E-state index in [2.05, 4.69) is 15.4 Å². The second-order valence-corrected chi connectivity index (χ2v) is 7.92. The van der Waals surface area contributed by atoms with Crippen molar-refractivity contribution in [1.82, 2.24) is 14.8 Å². The van der Waals surface area contributed by atoms with Gasteiger partial charge in [0.1, 0.15) is 23.6 Å². The Kier molecular flexibility index (Phi) is 7.10.